The van der Waals surface area contributed by atoms with Crippen LogP contribution in [0, 0.1) is 0 Å². The van der Waals surface area contributed by atoms with Gasteiger partial charge in [0.2, 0.25) is 0 Å². The maximum absolute atomic E-state index is 5.32. The first-order valence-corrected chi connectivity index (χ1v) is 7.61. The van der Waals surface area contributed by atoms with Crippen molar-refractivity contribution >= 4 is 15.9 Å². The zero-order valence-corrected chi connectivity index (χ0v) is 13.1. The first-order valence-electron chi connectivity index (χ1n) is 6.82. The molecule has 104 valence electrons. The van der Waals surface area contributed by atoms with Gasteiger partial charge in [0.15, 0.2) is 0 Å². The Morgan fingerprint density at radius 2 is 1.95 bits per heavy atom. The van der Waals surface area contributed by atoms with E-state index in [1.54, 1.807) is 7.11 Å². The lowest BCUT2D eigenvalue weighted by atomic mass is 9.71. The van der Waals surface area contributed by atoms with Crippen LogP contribution in [0.4, 0.5) is 0 Å². The Hall–Kier alpha value is -1.32. The predicted octanol–water partition coefficient (Wildman–Crippen LogP) is 3.54. The van der Waals surface area contributed by atoms with Gasteiger partial charge in [-0.2, -0.15) is 0 Å². The molecular weight excluding hydrogens is 314 g/mol. The monoisotopic (exact) mass is 331 g/mol. The summed E-state index contributed by atoms with van der Waals surface area (Å²) in [5.41, 5.74) is 2.93. The van der Waals surface area contributed by atoms with E-state index in [9.17, 15) is 0 Å². The number of methoxy groups -OCH3 is 1. The minimum absolute atomic E-state index is 0.205. The highest BCUT2D eigenvalue weighted by molar-refractivity contribution is 9.10. The molecule has 2 aromatic rings. The summed E-state index contributed by atoms with van der Waals surface area (Å²) in [6.07, 6.45) is 1.04. The highest BCUT2D eigenvalue weighted by Crippen LogP contribution is 2.34. The number of rotatable bonds is 4. The molecular formula is C17H18BrNO. The van der Waals surface area contributed by atoms with E-state index in [0.717, 1.165) is 29.7 Å². The summed E-state index contributed by atoms with van der Waals surface area (Å²) in [5.74, 6) is 0.930. The van der Waals surface area contributed by atoms with Crippen molar-refractivity contribution in [1.82, 2.24) is 5.32 Å². The molecule has 0 radical (unpaired) electrons. The van der Waals surface area contributed by atoms with Crippen LogP contribution < -0.4 is 10.1 Å². The van der Waals surface area contributed by atoms with E-state index in [2.05, 4.69) is 63.7 Å². The van der Waals surface area contributed by atoms with Crippen molar-refractivity contribution in [1.29, 1.82) is 0 Å². The Labute approximate surface area is 128 Å². The van der Waals surface area contributed by atoms with Crippen LogP contribution >= 0.6 is 15.9 Å². The average molecular weight is 332 g/mol. The molecule has 0 unspecified atom stereocenters. The molecule has 2 aromatic carbocycles. The molecule has 1 heterocycles. The Morgan fingerprint density at radius 3 is 2.60 bits per heavy atom. The van der Waals surface area contributed by atoms with Gasteiger partial charge in [-0.05, 0) is 41.8 Å². The summed E-state index contributed by atoms with van der Waals surface area (Å²) in [6.45, 7) is 2.06. The van der Waals surface area contributed by atoms with Crippen LogP contribution in [0.5, 0.6) is 5.75 Å². The van der Waals surface area contributed by atoms with E-state index in [0.29, 0.717) is 0 Å². The van der Waals surface area contributed by atoms with E-state index in [4.69, 9.17) is 4.74 Å². The van der Waals surface area contributed by atoms with Crippen molar-refractivity contribution in [2.75, 3.05) is 20.2 Å². The van der Waals surface area contributed by atoms with Crippen molar-refractivity contribution in [3.63, 3.8) is 0 Å². The van der Waals surface area contributed by atoms with E-state index in [1.165, 1.54) is 11.1 Å². The van der Waals surface area contributed by atoms with Gasteiger partial charge < -0.3 is 10.1 Å². The highest BCUT2D eigenvalue weighted by atomic mass is 79.9. The third-order valence-corrected chi connectivity index (χ3v) is 4.53. The van der Waals surface area contributed by atoms with Gasteiger partial charge in [0.25, 0.3) is 0 Å². The molecule has 2 nitrogen and oxygen atoms in total. The Kier molecular flexibility index (Phi) is 3.81. The molecule has 1 N–H and O–H groups in total. The summed E-state index contributed by atoms with van der Waals surface area (Å²) < 4.78 is 6.47. The van der Waals surface area contributed by atoms with Crippen molar-refractivity contribution in [3.8, 4) is 5.75 Å². The largest absolute Gasteiger partial charge is 0.497 e. The van der Waals surface area contributed by atoms with Crippen LogP contribution in [0.15, 0.2) is 53.0 Å². The van der Waals surface area contributed by atoms with Crippen LogP contribution in [0.2, 0.25) is 0 Å². The standard InChI is InChI=1S/C17H18BrNO/c1-20-16-7-2-4-13(8-16)10-17(11-19-12-17)14-5-3-6-15(18)9-14/h2-9,19H,10-12H2,1H3. The van der Waals surface area contributed by atoms with Gasteiger partial charge in [-0.3, -0.25) is 0 Å². The summed E-state index contributed by atoms with van der Waals surface area (Å²) in [4.78, 5) is 0. The molecule has 1 saturated heterocycles. The van der Waals surface area contributed by atoms with E-state index in [-0.39, 0.29) is 5.41 Å². The summed E-state index contributed by atoms with van der Waals surface area (Å²) in [7, 11) is 1.72. The highest BCUT2D eigenvalue weighted by Gasteiger charge is 2.38. The fraction of sp³-hybridized carbons (Fsp3) is 0.294. The van der Waals surface area contributed by atoms with Crippen LogP contribution in [-0.4, -0.2) is 20.2 Å². The minimum Gasteiger partial charge on any atom is -0.497 e. The molecule has 1 fully saturated rings. The van der Waals surface area contributed by atoms with Crippen molar-refractivity contribution in [3.05, 3.63) is 64.1 Å². The zero-order valence-electron chi connectivity index (χ0n) is 11.5. The topological polar surface area (TPSA) is 21.3 Å². The molecule has 3 rings (SSSR count). The molecule has 1 aliphatic heterocycles. The number of hydrogen-bond donors (Lipinski definition) is 1. The van der Waals surface area contributed by atoms with Crippen LogP contribution in [0.3, 0.4) is 0 Å². The zero-order chi connectivity index (χ0) is 14.0. The smallest absolute Gasteiger partial charge is 0.119 e. The predicted molar refractivity (Wildman–Crippen MR) is 85.4 cm³/mol. The lowest BCUT2D eigenvalue weighted by molar-refractivity contribution is 0.274. The first-order chi connectivity index (χ1) is 9.72. The Morgan fingerprint density at radius 1 is 1.15 bits per heavy atom. The summed E-state index contributed by atoms with van der Waals surface area (Å²) in [5, 5.41) is 3.42. The van der Waals surface area contributed by atoms with Gasteiger partial charge >= 0.3 is 0 Å². The van der Waals surface area contributed by atoms with E-state index >= 15 is 0 Å². The van der Waals surface area contributed by atoms with Crippen LogP contribution in [0.1, 0.15) is 11.1 Å². The SMILES string of the molecule is COc1cccc(CC2(c3cccc(Br)c3)CNC2)c1. The van der Waals surface area contributed by atoms with Gasteiger partial charge in [0, 0.05) is 23.0 Å². The molecule has 0 saturated carbocycles. The lowest BCUT2D eigenvalue weighted by Gasteiger charge is -2.43. The molecule has 20 heavy (non-hydrogen) atoms. The Bertz CT molecular complexity index is 607. The second-order valence-electron chi connectivity index (χ2n) is 5.42. The number of nitrogens with one attached hydrogen (secondary N) is 1. The maximum atomic E-state index is 5.32. The second-order valence-corrected chi connectivity index (χ2v) is 6.34. The molecule has 3 heteroatoms. The van der Waals surface area contributed by atoms with Crippen molar-refractivity contribution in [2.24, 2.45) is 0 Å². The Balaban J connectivity index is 1.89. The molecule has 0 atom stereocenters. The minimum atomic E-state index is 0.205. The van der Waals surface area contributed by atoms with E-state index in [1.807, 2.05) is 6.07 Å². The molecule has 0 amide bonds. The second kappa shape index (κ2) is 5.58. The molecule has 0 aliphatic carbocycles. The average Bonchev–Trinajstić information content (AvgIpc) is 2.43. The lowest BCUT2D eigenvalue weighted by Crippen LogP contribution is -2.58. The third-order valence-electron chi connectivity index (χ3n) is 4.04. The number of halogens is 1. The van der Waals surface area contributed by atoms with Gasteiger partial charge in [-0.25, -0.2) is 0 Å². The first kappa shape index (κ1) is 13.7. The van der Waals surface area contributed by atoms with Gasteiger partial charge in [-0.1, -0.05) is 40.2 Å². The molecule has 0 aromatic heterocycles. The van der Waals surface area contributed by atoms with Gasteiger partial charge in [0.05, 0.1) is 7.11 Å². The number of benzene rings is 2. The molecule has 0 bridgehead atoms. The molecule has 1 aliphatic rings. The van der Waals surface area contributed by atoms with Crippen molar-refractivity contribution < 1.29 is 4.74 Å². The van der Waals surface area contributed by atoms with Crippen molar-refractivity contribution in [2.45, 2.75) is 11.8 Å². The fourth-order valence-corrected chi connectivity index (χ4v) is 3.25. The fourth-order valence-electron chi connectivity index (χ4n) is 2.85. The quantitative estimate of drug-likeness (QED) is 0.925. The number of hydrogen-bond acceptors (Lipinski definition) is 2. The summed E-state index contributed by atoms with van der Waals surface area (Å²) >= 11 is 3.58. The van der Waals surface area contributed by atoms with Crippen LogP contribution in [-0.2, 0) is 11.8 Å². The normalized spacial score (nSPS) is 16.5. The van der Waals surface area contributed by atoms with Gasteiger partial charge in [-0.15, -0.1) is 0 Å². The maximum Gasteiger partial charge on any atom is 0.119 e. The summed E-state index contributed by atoms with van der Waals surface area (Å²) in [6, 6.07) is 17.0. The third kappa shape index (κ3) is 2.60. The number of ether oxygens (including phenoxy) is 1. The van der Waals surface area contributed by atoms with E-state index < -0.39 is 0 Å². The molecule has 0 spiro atoms. The van der Waals surface area contributed by atoms with Gasteiger partial charge in [0.1, 0.15) is 5.75 Å². The van der Waals surface area contributed by atoms with Crippen LogP contribution in [0.25, 0.3) is 0 Å².